The predicted molar refractivity (Wildman–Crippen MR) is 119 cm³/mol. The smallest absolute Gasteiger partial charge is 0.405 e. The molecule has 1 amide bonds. The third-order valence-corrected chi connectivity index (χ3v) is 11.0. The highest BCUT2D eigenvalue weighted by molar-refractivity contribution is 6.74. The molecule has 176 valence electrons. The molecule has 1 aromatic heterocycles. The molecule has 0 spiro atoms. The molecule has 1 aliphatic rings. The Morgan fingerprint density at radius 2 is 1.97 bits per heavy atom. The Morgan fingerprint density at radius 1 is 1.31 bits per heavy atom. The summed E-state index contributed by atoms with van der Waals surface area (Å²) in [6.07, 6.45) is 1.15. The Kier molecular flexibility index (Phi) is 6.78. The highest BCUT2D eigenvalue weighted by Gasteiger charge is 2.51. The lowest BCUT2D eigenvalue weighted by Gasteiger charge is -2.50. The number of halogens is 2. The molecule has 10 heteroatoms. The summed E-state index contributed by atoms with van der Waals surface area (Å²) in [5.41, 5.74) is -0.716. The van der Waals surface area contributed by atoms with Crippen molar-refractivity contribution >= 4 is 14.4 Å². The number of aromatic nitrogens is 2. The molecular weight excluding hydrogens is 436 g/mol. The first-order chi connectivity index (χ1) is 14.8. The summed E-state index contributed by atoms with van der Waals surface area (Å²) in [7, 11) is -2.32. The van der Waals surface area contributed by atoms with Gasteiger partial charge in [-0.05, 0) is 36.3 Å². The maximum atomic E-state index is 14.3. The van der Waals surface area contributed by atoms with Crippen molar-refractivity contribution in [1.29, 1.82) is 0 Å². The quantitative estimate of drug-likeness (QED) is 0.505. The first-order valence-electron chi connectivity index (χ1n) is 10.6. The number of H-pyrrole nitrogens is 1. The van der Waals surface area contributed by atoms with Crippen LogP contribution in [0.15, 0.2) is 24.4 Å². The van der Waals surface area contributed by atoms with E-state index in [1.54, 1.807) is 0 Å². The van der Waals surface area contributed by atoms with Gasteiger partial charge in [0.25, 0.3) is 0 Å². The molecule has 1 atom stereocenters. The van der Waals surface area contributed by atoms with Crippen LogP contribution in [0.2, 0.25) is 18.1 Å². The van der Waals surface area contributed by atoms with Crippen LogP contribution in [0, 0.1) is 11.6 Å². The molecule has 32 heavy (non-hydrogen) atoms. The number of aromatic amines is 1. The van der Waals surface area contributed by atoms with Crippen molar-refractivity contribution in [2.45, 2.75) is 63.4 Å². The number of ether oxygens (including phenoxy) is 1. The Balaban J connectivity index is 2.06. The Labute approximate surface area is 187 Å². The van der Waals surface area contributed by atoms with E-state index in [4.69, 9.17) is 9.16 Å². The second-order valence-corrected chi connectivity index (χ2v) is 14.4. The van der Waals surface area contributed by atoms with Crippen LogP contribution in [-0.4, -0.2) is 48.3 Å². The molecule has 0 bridgehead atoms. The number of hydrogen-bond acceptors (Lipinski definition) is 4. The van der Waals surface area contributed by atoms with Gasteiger partial charge in [0.15, 0.2) is 8.32 Å². The van der Waals surface area contributed by atoms with Gasteiger partial charge in [-0.25, -0.2) is 18.6 Å². The first-order valence-corrected chi connectivity index (χ1v) is 13.5. The first kappa shape index (κ1) is 24.3. The summed E-state index contributed by atoms with van der Waals surface area (Å²) in [5, 5.41) is 12.1. The van der Waals surface area contributed by atoms with Crippen LogP contribution in [0.25, 0.3) is 11.3 Å². The average Bonchev–Trinajstić information content (AvgIpc) is 3.17. The molecule has 1 aliphatic heterocycles. The minimum Gasteiger partial charge on any atom is -0.465 e. The SMILES string of the molecule is CC(C)(C)[Si](C)(C)OC1(C(NC(=O)O)c2nc(-c3cc(F)ccc3F)c[nH]2)CCOCC1. The van der Waals surface area contributed by atoms with Gasteiger partial charge >= 0.3 is 6.09 Å². The zero-order valence-electron chi connectivity index (χ0n) is 19.1. The molecule has 1 unspecified atom stereocenters. The van der Waals surface area contributed by atoms with Crippen LogP contribution in [0.1, 0.15) is 45.5 Å². The maximum absolute atomic E-state index is 14.3. The summed E-state index contributed by atoms with van der Waals surface area (Å²) in [5.74, 6) is -0.925. The second kappa shape index (κ2) is 8.91. The zero-order valence-corrected chi connectivity index (χ0v) is 20.1. The van der Waals surface area contributed by atoms with Gasteiger partial charge in [0.1, 0.15) is 23.5 Å². The van der Waals surface area contributed by atoms with Crippen molar-refractivity contribution in [3.63, 3.8) is 0 Å². The van der Waals surface area contributed by atoms with E-state index in [9.17, 15) is 18.7 Å². The molecule has 3 N–H and O–H groups in total. The van der Waals surface area contributed by atoms with Crippen molar-refractivity contribution in [2.75, 3.05) is 13.2 Å². The van der Waals surface area contributed by atoms with Crippen LogP contribution >= 0.6 is 0 Å². The van der Waals surface area contributed by atoms with Crippen LogP contribution in [0.3, 0.4) is 0 Å². The van der Waals surface area contributed by atoms with Gasteiger partial charge in [-0.1, -0.05) is 20.8 Å². The molecule has 0 radical (unpaired) electrons. The molecule has 0 aliphatic carbocycles. The number of hydrogen-bond donors (Lipinski definition) is 3. The van der Waals surface area contributed by atoms with Gasteiger partial charge in [0, 0.05) is 37.8 Å². The lowest BCUT2D eigenvalue weighted by Crippen LogP contribution is -2.58. The fraction of sp³-hybridized carbons (Fsp3) is 0.545. The summed E-state index contributed by atoms with van der Waals surface area (Å²) in [6, 6.07) is 2.28. The molecule has 1 saturated heterocycles. The van der Waals surface area contributed by atoms with Crippen molar-refractivity contribution in [3.05, 3.63) is 41.9 Å². The van der Waals surface area contributed by atoms with Gasteiger partial charge < -0.3 is 24.6 Å². The number of imidazole rings is 1. The van der Waals surface area contributed by atoms with Crippen LogP contribution in [-0.2, 0) is 9.16 Å². The Bertz CT molecular complexity index is 968. The van der Waals surface area contributed by atoms with Crippen molar-refractivity contribution in [1.82, 2.24) is 15.3 Å². The van der Waals surface area contributed by atoms with E-state index < -0.39 is 37.7 Å². The monoisotopic (exact) mass is 467 g/mol. The molecule has 0 saturated carbocycles. The molecular formula is C22H31F2N3O4Si. The molecule has 1 aromatic carbocycles. The third-order valence-electron chi connectivity index (χ3n) is 6.47. The molecule has 2 aromatic rings. The third kappa shape index (κ3) is 5.02. The number of amides is 1. The van der Waals surface area contributed by atoms with Gasteiger partial charge in [-0.2, -0.15) is 0 Å². The lowest BCUT2D eigenvalue weighted by molar-refractivity contribution is -0.0768. The van der Waals surface area contributed by atoms with Crippen molar-refractivity contribution < 1.29 is 27.8 Å². The lowest BCUT2D eigenvalue weighted by atomic mass is 9.86. The standard InChI is InChI=1S/C22H31F2N3O4Si/c1-21(2,3)32(4,5)31-22(8-10-30-11-9-22)18(27-20(28)29)19-25-13-17(26-19)15-12-14(23)6-7-16(15)24/h6-7,12-13,18,27H,8-11H2,1-5H3,(H,25,26)(H,28,29). The van der Waals surface area contributed by atoms with Crippen molar-refractivity contribution in [2.24, 2.45) is 0 Å². The fourth-order valence-electron chi connectivity index (χ4n) is 3.72. The van der Waals surface area contributed by atoms with Crippen LogP contribution < -0.4 is 5.32 Å². The fourth-order valence-corrected chi connectivity index (χ4v) is 5.36. The largest absolute Gasteiger partial charge is 0.465 e. The van der Waals surface area contributed by atoms with E-state index in [0.717, 1.165) is 18.2 Å². The van der Waals surface area contributed by atoms with E-state index in [2.05, 4.69) is 49.1 Å². The minimum absolute atomic E-state index is 0.00656. The van der Waals surface area contributed by atoms with E-state index in [1.165, 1.54) is 6.20 Å². The number of carbonyl (C=O) groups is 1. The normalized spacial score (nSPS) is 17.7. The van der Waals surface area contributed by atoms with Crippen LogP contribution in [0.5, 0.6) is 0 Å². The molecule has 2 heterocycles. The average molecular weight is 468 g/mol. The topological polar surface area (TPSA) is 96.5 Å². The maximum Gasteiger partial charge on any atom is 0.405 e. The summed E-state index contributed by atoms with van der Waals surface area (Å²) >= 11 is 0. The highest BCUT2D eigenvalue weighted by Crippen LogP contribution is 2.46. The summed E-state index contributed by atoms with van der Waals surface area (Å²) < 4.78 is 40.4. The number of benzene rings is 1. The van der Waals surface area contributed by atoms with Gasteiger partial charge in [-0.15, -0.1) is 0 Å². The Morgan fingerprint density at radius 3 is 2.56 bits per heavy atom. The predicted octanol–water partition coefficient (Wildman–Crippen LogP) is 5.23. The van der Waals surface area contributed by atoms with E-state index >= 15 is 0 Å². The summed E-state index contributed by atoms with van der Waals surface area (Å²) in [6.45, 7) is 11.4. The van der Waals surface area contributed by atoms with Crippen LogP contribution in [0.4, 0.5) is 13.6 Å². The van der Waals surface area contributed by atoms with Gasteiger partial charge in [-0.3, -0.25) is 0 Å². The minimum atomic E-state index is -2.32. The second-order valence-electron chi connectivity index (χ2n) is 9.72. The number of rotatable bonds is 6. The summed E-state index contributed by atoms with van der Waals surface area (Å²) in [4.78, 5) is 19.2. The van der Waals surface area contributed by atoms with E-state index in [1.807, 2.05) is 0 Å². The zero-order chi connectivity index (χ0) is 23.7. The number of nitrogens with zero attached hydrogens (tertiary/aromatic N) is 1. The molecule has 1 fully saturated rings. The number of nitrogens with one attached hydrogen (secondary N) is 2. The van der Waals surface area contributed by atoms with Crippen molar-refractivity contribution in [3.8, 4) is 11.3 Å². The highest BCUT2D eigenvalue weighted by atomic mass is 28.4. The van der Waals surface area contributed by atoms with E-state index in [-0.39, 0.29) is 22.1 Å². The van der Waals surface area contributed by atoms with E-state index in [0.29, 0.717) is 26.1 Å². The Hall–Kier alpha value is -2.30. The molecule has 7 nitrogen and oxygen atoms in total. The van der Waals surface area contributed by atoms with Gasteiger partial charge in [0.2, 0.25) is 0 Å². The van der Waals surface area contributed by atoms with Gasteiger partial charge in [0.05, 0.1) is 11.3 Å². The molecule has 3 rings (SSSR count). The number of carboxylic acid groups (broad SMARTS) is 1.